The second-order valence-corrected chi connectivity index (χ2v) is 4.09. The Hall–Kier alpha value is -0.530. The molecule has 0 aromatic carbocycles. The summed E-state index contributed by atoms with van der Waals surface area (Å²) in [6, 6.07) is 0. The zero-order chi connectivity index (χ0) is 11.2. The summed E-state index contributed by atoms with van der Waals surface area (Å²) in [7, 11) is 1.59. The first-order valence-electron chi connectivity index (χ1n) is 6.46. The van der Waals surface area contributed by atoms with Crippen molar-refractivity contribution in [2.24, 2.45) is 5.16 Å². The second-order valence-electron chi connectivity index (χ2n) is 4.09. The molecule has 0 amide bonds. The van der Waals surface area contributed by atoms with Gasteiger partial charge in [-0.3, -0.25) is 0 Å². The molecule has 0 aliphatic heterocycles. The van der Waals surface area contributed by atoms with Gasteiger partial charge in [-0.2, -0.15) is 0 Å². The van der Waals surface area contributed by atoms with Crippen molar-refractivity contribution in [2.45, 2.75) is 71.1 Å². The van der Waals surface area contributed by atoms with Gasteiger partial charge >= 0.3 is 0 Å². The molecule has 0 saturated carbocycles. The van der Waals surface area contributed by atoms with Gasteiger partial charge in [0.25, 0.3) is 0 Å². The molecule has 0 aliphatic rings. The average molecular weight is 213 g/mol. The fourth-order valence-corrected chi connectivity index (χ4v) is 1.67. The normalized spacial score (nSPS) is 11.1. The molecule has 0 rings (SSSR count). The molecule has 0 aromatic rings. The van der Waals surface area contributed by atoms with E-state index >= 15 is 0 Å². The molecule has 15 heavy (non-hydrogen) atoms. The van der Waals surface area contributed by atoms with Crippen LogP contribution in [0, 0.1) is 0 Å². The molecule has 90 valence electrons. The molecular weight excluding hydrogens is 186 g/mol. The van der Waals surface area contributed by atoms with Gasteiger partial charge in [-0.15, -0.1) is 0 Å². The molecule has 0 aromatic heterocycles. The summed E-state index contributed by atoms with van der Waals surface area (Å²) in [5.41, 5.74) is 0. The summed E-state index contributed by atoms with van der Waals surface area (Å²) >= 11 is 0. The van der Waals surface area contributed by atoms with Crippen LogP contribution in [0.15, 0.2) is 5.16 Å². The van der Waals surface area contributed by atoms with Crippen LogP contribution >= 0.6 is 0 Å². The molecule has 0 fully saturated rings. The van der Waals surface area contributed by atoms with Gasteiger partial charge in [-0.1, -0.05) is 63.4 Å². The van der Waals surface area contributed by atoms with Crippen molar-refractivity contribution in [2.75, 3.05) is 7.11 Å². The van der Waals surface area contributed by atoms with E-state index in [0.29, 0.717) is 0 Å². The number of oxime groups is 1. The number of rotatable bonds is 11. The van der Waals surface area contributed by atoms with E-state index < -0.39 is 0 Å². The zero-order valence-electron chi connectivity index (χ0n) is 10.5. The lowest BCUT2D eigenvalue weighted by Gasteiger charge is -2.00. The Bertz CT molecular complexity index is 134. The molecular formula is C13H27NO. The summed E-state index contributed by atoms with van der Waals surface area (Å²) in [6.07, 6.45) is 15.3. The van der Waals surface area contributed by atoms with Gasteiger partial charge in [0.1, 0.15) is 7.11 Å². The van der Waals surface area contributed by atoms with E-state index in [4.69, 9.17) is 0 Å². The molecule has 0 heterocycles. The standard InChI is InChI=1S/C13H27NO/c1-3-4-5-6-7-8-9-10-11-12-13-14-15-2/h13H,3-12H2,1-2H3/b14-13-. The smallest absolute Gasteiger partial charge is 0.106 e. The van der Waals surface area contributed by atoms with Crippen molar-refractivity contribution < 1.29 is 4.84 Å². The van der Waals surface area contributed by atoms with Crippen LogP contribution < -0.4 is 0 Å². The topological polar surface area (TPSA) is 21.6 Å². The van der Waals surface area contributed by atoms with Crippen molar-refractivity contribution in [1.29, 1.82) is 0 Å². The van der Waals surface area contributed by atoms with Crippen molar-refractivity contribution in [3.05, 3.63) is 0 Å². The Morgan fingerprint density at radius 1 is 0.867 bits per heavy atom. The molecule has 2 nitrogen and oxygen atoms in total. The largest absolute Gasteiger partial charge is 0.399 e. The molecule has 2 heteroatoms. The van der Waals surface area contributed by atoms with Gasteiger partial charge in [-0.05, 0) is 12.8 Å². The van der Waals surface area contributed by atoms with Crippen molar-refractivity contribution in [3.63, 3.8) is 0 Å². The summed E-state index contributed by atoms with van der Waals surface area (Å²) < 4.78 is 0. The van der Waals surface area contributed by atoms with Crippen molar-refractivity contribution in [1.82, 2.24) is 0 Å². The summed E-state index contributed by atoms with van der Waals surface area (Å²) in [5, 5.41) is 3.71. The van der Waals surface area contributed by atoms with E-state index in [9.17, 15) is 0 Å². The van der Waals surface area contributed by atoms with Crippen LogP contribution in [-0.4, -0.2) is 13.3 Å². The third-order valence-corrected chi connectivity index (χ3v) is 2.62. The SMILES string of the molecule is CCCCCCCCCCC/C=N\OC. The third-order valence-electron chi connectivity index (χ3n) is 2.62. The van der Waals surface area contributed by atoms with Crippen molar-refractivity contribution in [3.8, 4) is 0 Å². The van der Waals surface area contributed by atoms with Gasteiger partial charge in [0.15, 0.2) is 0 Å². The van der Waals surface area contributed by atoms with Gasteiger partial charge in [0, 0.05) is 6.21 Å². The average Bonchev–Trinajstić information content (AvgIpc) is 2.26. The lowest BCUT2D eigenvalue weighted by atomic mass is 10.1. The predicted molar refractivity (Wildman–Crippen MR) is 67.3 cm³/mol. The Kier molecular flexibility index (Phi) is 13.0. The van der Waals surface area contributed by atoms with E-state index in [0.717, 1.165) is 6.42 Å². The minimum absolute atomic E-state index is 1.06. The van der Waals surface area contributed by atoms with Crippen LogP contribution in [0.3, 0.4) is 0 Å². The highest BCUT2D eigenvalue weighted by Gasteiger charge is 1.91. The molecule has 0 aliphatic carbocycles. The maximum absolute atomic E-state index is 4.59. The maximum Gasteiger partial charge on any atom is 0.106 e. The van der Waals surface area contributed by atoms with E-state index in [2.05, 4.69) is 16.9 Å². The monoisotopic (exact) mass is 213 g/mol. The highest BCUT2D eigenvalue weighted by molar-refractivity contribution is 5.55. The minimum Gasteiger partial charge on any atom is -0.399 e. The quantitative estimate of drug-likeness (QED) is 0.280. The Morgan fingerprint density at radius 3 is 1.93 bits per heavy atom. The molecule has 0 radical (unpaired) electrons. The van der Waals surface area contributed by atoms with Gasteiger partial charge < -0.3 is 4.84 Å². The minimum atomic E-state index is 1.06. The molecule has 0 unspecified atom stereocenters. The maximum atomic E-state index is 4.59. The first kappa shape index (κ1) is 14.5. The van der Waals surface area contributed by atoms with Crippen molar-refractivity contribution >= 4 is 6.21 Å². The first-order chi connectivity index (χ1) is 7.41. The summed E-state index contributed by atoms with van der Waals surface area (Å²) in [5.74, 6) is 0. The summed E-state index contributed by atoms with van der Waals surface area (Å²) in [6.45, 7) is 2.27. The Morgan fingerprint density at radius 2 is 1.40 bits per heavy atom. The highest BCUT2D eigenvalue weighted by Crippen LogP contribution is 2.09. The van der Waals surface area contributed by atoms with Gasteiger partial charge in [0.2, 0.25) is 0 Å². The molecule has 0 spiro atoms. The fourth-order valence-electron chi connectivity index (χ4n) is 1.67. The summed E-state index contributed by atoms with van der Waals surface area (Å²) in [4.78, 5) is 4.59. The molecule has 0 N–H and O–H groups in total. The number of nitrogens with zero attached hydrogens (tertiary/aromatic N) is 1. The van der Waals surface area contributed by atoms with Crippen LogP contribution in [0.25, 0.3) is 0 Å². The number of unbranched alkanes of at least 4 members (excludes halogenated alkanes) is 9. The van der Waals surface area contributed by atoms with Gasteiger partial charge in [-0.25, -0.2) is 0 Å². The lowest BCUT2D eigenvalue weighted by Crippen LogP contribution is -1.82. The van der Waals surface area contributed by atoms with Gasteiger partial charge in [0.05, 0.1) is 0 Å². The van der Waals surface area contributed by atoms with Crippen LogP contribution in [0.5, 0.6) is 0 Å². The van der Waals surface area contributed by atoms with Crippen LogP contribution in [0.1, 0.15) is 71.1 Å². The fraction of sp³-hybridized carbons (Fsp3) is 0.923. The van der Waals surface area contributed by atoms with E-state index in [1.165, 1.54) is 57.8 Å². The van der Waals surface area contributed by atoms with Crippen LogP contribution in [0.2, 0.25) is 0 Å². The predicted octanol–water partition coefficient (Wildman–Crippen LogP) is 4.54. The van der Waals surface area contributed by atoms with E-state index in [-0.39, 0.29) is 0 Å². The number of hydrogen-bond donors (Lipinski definition) is 0. The Balaban J connectivity index is 2.89. The number of hydrogen-bond acceptors (Lipinski definition) is 2. The lowest BCUT2D eigenvalue weighted by molar-refractivity contribution is 0.214. The first-order valence-corrected chi connectivity index (χ1v) is 6.46. The van der Waals surface area contributed by atoms with Crippen LogP contribution in [0.4, 0.5) is 0 Å². The molecule has 0 bridgehead atoms. The second kappa shape index (κ2) is 13.5. The Labute approximate surface area is 95.1 Å². The molecule has 0 saturated heterocycles. The van der Waals surface area contributed by atoms with E-state index in [1.54, 1.807) is 7.11 Å². The zero-order valence-corrected chi connectivity index (χ0v) is 10.5. The third kappa shape index (κ3) is 13.5. The van der Waals surface area contributed by atoms with E-state index in [1.807, 2.05) is 6.21 Å². The molecule has 0 atom stereocenters. The van der Waals surface area contributed by atoms with Crippen LogP contribution in [-0.2, 0) is 4.84 Å². The highest BCUT2D eigenvalue weighted by atomic mass is 16.6.